The molecule has 1 aromatic rings. The highest BCUT2D eigenvalue weighted by atomic mass is 16.5. The van der Waals surface area contributed by atoms with Crippen LogP contribution >= 0.6 is 0 Å². The summed E-state index contributed by atoms with van der Waals surface area (Å²) in [5, 5.41) is 0. The summed E-state index contributed by atoms with van der Waals surface area (Å²) >= 11 is 0. The Bertz CT molecular complexity index is 488. The van der Waals surface area contributed by atoms with Crippen LogP contribution in [-0.2, 0) is 4.74 Å². The predicted octanol–water partition coefficient (Wildman–Crippen LogP) is 2.17. The lowest BCUT2D eigenvalue weighted by Gasteiger charge is -2.26. The third-order valence-corrected chi connectivity index (χ3v) is 4.85. The lowest BCUT2D eigenvalue weighted by molar-refractivity contribution is 0.0466. The van der Waals surface area contributed by atoms with Crippen molar-refractivity contribution in [1.82, 2.24) is 14.9 Å². The zero-order valence-corrected chi connectivity index (χ0v) is 13.9. The molecular formula is C17H28N4O. The van der Waals surface area contributed by atoms with Gasteiger partial charge in [0.1, 0.15) is 0 Å². The average Bonchev–Trinajstić information content (AvgIpc) is 3.00. The van der Waals surface area contributed by atoms with Gasteiger partial charge in [0.25, 0.3) is 0 Å². The quantitative estimate of drug-likeness (QED) is 0.834. The molecule has 2 fully saturated rings. The van der Waals surface area contributed by atoms with E-state index in [1.165, 1.54) is 32.4 Å². The van der Waals surface area contributed by atoms with Crippen molar-refractivity contribution in [2.75, 3.05) is 44.2 Å². The molecule has 0 bridgehead atoms. The molecule has 1 aromatic heterocycles. The Labute approximate surface area is 133 Å². The molecule has 0 N–H and O–H groups in total. The second-order valence-electron chi connectivity index (χ2n) is 6.57. The van der Waals surface area contributed by atoms with Gasteiger partial charge in [-0.2, -0.15) is 0 Å². The van der Waals surface area contributed by atoms with E-state index in [9.17, 15) is 0 Å². The zero-order valence-electron chi connectivity index (χ0n) is 13.9. The average molecular weight is 304 g/mol. The molecule has 22 heavy (non-hydrogen) atoms. The number of aromatic nitrogens is 2. The standard InChI is InChI=1S/C17H28N4O/c1-14-12-18-17(19-15(14)2)21-9-6-16(13-21)22-11-10-20-7-4-3-5-8-20/h12,16H,3-11,13H2,1-2H3. The van der Waals surface area contributed by atoms with Crippen LogP contribution in [0.15, 0.2) is 6.20 Å². The van der Waals surface area contributed by atoms with Gasteiger partial charge >= 0.3 is 0 Å². The normalized spacial score (nSPS) is 23.2. The smallest absolute Gasteiger partial charge is 0.225 e. The monoisotopic (exact) mass is 304 g/mol. The molecule has 2 aliphatic heterocycles. The van der Waals surface area contributed by atoms with Crippen LogP contribution in [0.1, 0.15) is 36.9 Å². The van der Waals surface area contributed by atoms with Crippen molar-refractivity contribution in [1.29, 1.82) is 0 Å². The number of anilines is 1. The Morgan fingerprint density at radius 3 is 2.77 bits per heavy atom. The maximum atomic E-state index is 6.07. The summed E-state index contributed by atoms with van der Waals surface area (Å²) in [5.41, 5.74) is 2.22. The van der Waals surface area contributed by atoms with E-state index >= 15 is 0 Å². The Balaban J connectivity index is 1.42. The molecule has 5 nitrogen and oxygen atoms in total. The number of aryl methyl sites for hydroxylation is 2. The Kier molecular flexibility index (Phi) is 5.26. The molecule has 0 saturated carbocycles. The summed E-state index contributed by atoms with van der Waals surface area (Å²) in [4.78, 5) is 13.8. The van der Waals surface area contributed by atoms with Crippen LogP contribution in [0.25, 0.3) is 0 Å². The highest BCUT2D eigenvalue weighted by Gasteiger charge is 2.25. The van der Waals surface area contributed by atoms with E-state index in [4.69, 9.17) is 4.74 Å². The summed E-state index contributed by atoms with van der Waals surface area (Å²) in [6.07, 6.45) is 7.42. The minimum absolute atomic E-state index is 0.329. The van der Waals surface area contributed by atoms with Gasteiger partial charge in [-0.1, -0.05) is 6.42 Å². The van der Waals surface area contributed by atoms with Crippen LogP contribution in [0.2, 0.25) is 0 Å². The number of nitrogens with zero attached hydrogens (tertiary/aromatic N) is 4. The van der Waals surface area contributed by atoms with Gasteiger partial charge in [-0.15, -0.1) is 0 Å². The Morgan fingerprint density at radius 1 is 1.18 bits per heavy atom. The third-order valence-electron chi connectivity index (χ3n) is 4.85. The minimum atomic E-state index is 0.329. The molecule has 3 rings (SSSR count). The van der Waals surface area contributed by atoms with Gasteiger partial charge in [0.15, 0.2) is 0 Å². The number of ether oxygens (including phenoxy) is 1. The Morgan fingerprint density at radius 2 is 2.00 bits per heavy atom. The highest BCUT2D eigenvalue weighted by Crippen LogP contribution is 2.19. The van der Waals surface area contributed by atoms with Crippen LogP contribution < -0.4 is 4.90 Å². The second kappa shape index (κ2) is 7.38. The second-order valence-corrected chi connectivity index (χ2v) is 6.57. The van der Waals surface area contributed by atoms with Gasteiger partial charge in [-0.25, -0.2) is 9.97 Å². The first-order chi connectivity index (χ1) is 10.7. The predicted molar refractivity (Wildman–Crippen MR) is 88.4 cm³/mol. The number of rotatable bonds is 5. The molecule has 2 saturated heterocycles. The van der Waals surface area contributed by atoms with Crippen molar-refractivity contribution in [2.24, 2.45) is 0 Å². The number of likely N-dealkylation sites (tertiary alicyclic amines) is 1. The van der Waals surface area contributed by atoms with Gasteiger partial charge in [0, 0.05) is 31.5 Å². The number of hydrogen-bond acceptors (Lipinski definition) is 5. The molecule has 122 valence electrons. The van der Waals surface area contributed by atoms with E-state index in [1.807, 2.05) is 13.1 Å². The molecule has 1 atom stereocenters. The molecule has 0 spiro atoms. The van der Waals surface area contributed by atoms with E-state index in [2.05, 4.69) is 26.7 Å². The van der Waals surface area contributed by atoms with E-state index < -0.39 is 0 Å². The molecule has 0 radical (unpaired) electrons. The van der Waals surface area contributed by atoms with Gasteiger partial charge in [0.2, 0.25) is 5.95 Å². The lowest BCUT2D eigenvalue weighted by Crippen LogP contribution is -2.34. The summed E-state index contributed by atoms with van der Waals surface area (Å²) in [6.45, 7) is 10.4. The summed E-state index contributed by atoms with van der Waals surface area (Å²) < 4.78 is 6.07. The topological polar surface area (TPSA) is 41.5 Å². The van der Waals surface area contributed by atoms with Gasteiger partial charge in [0.05, 0.1) is 12.7 Å². The zero-order chi connectivity index (χ0) is 15.4. The van der Waals surface area contributed by atoms with E-state index in [0.29, 0.717) is 6.10 Å². The molecular weight excluding hydrogens is 276 g/mol. The molecule has 0 aliphatic carbocycles. The van der Waals surface area contributed by atoms with Gasteiger partial charge in [-0.05, 0) is 51.8 Å². The molecule has 2 aliphatic rings. The number of hydrogen-bond donors (Lipinski definition) is 0. The van der Waals surface area contributed by atoms with Crippen LogP contribution in [0.5, 0.6) is 0 Å². The molecule has 1 unspecified atom stereocenters. The van der Waals surface area contributed by atoms with Crippen LogP contribution in [0, 0.1) is 13.8 Å². The fourth-order valence-electron chi connectivity index (χ4n) is 3.24. The first kappa shape index (κ1) is 15.7. The van der Waals surface area contributed by atoms with E-state index in [0.717, 1.165) is 49.9 Å². The third kappa shape index (κ3) is 3.96. The van der Waals surface area contributed by atoms with Gasteiger partial charge in [-0.3, -0.25) is 0 Å². The van der Waals surface area contributed by atoms with Crippen LogP contribution in [0.3, 0.4) is 0 Å². The maximum Gasteiger partial charge on any atom is 0.225 e. The van der Waals surface area contributed by atoms with Crippen LogP contribution in [0.4, 0.5) is 5.95 Å². The first-order valence-electron chi connectivity index (χ1n) is 8.61. The van der Waals surface area contributed by atoms with Gasteiger partial charge < -0.3 is 14.5 Å². The fraction of sp³-hybridized carbons (Fsp3) is 0.765. The fourth-order valence-corrected chi connectivity index (χ4v) is 3.24. The minimum Gasteiger partial charge on any atom is -0.375 e. The van der Waals surface area contributed by atoms with Crippen molar-refractivity contribution in [2.45, 2.75) is 45.6 Å². The number of piperidine rings is 1. The van der Waals surface area contributed by atoms with Crippen molar-refractivity contribution in [3.05, 3.63) is 17.5 Å². The highest BCUT2D eigenvalue weighted by molar-refractivity contribution is 5.34. The summed E-state index contributed by atoms with van der Waals surface area (Å²) in [5.74, 6) is 0.852. The molecule has 0 aromatic carbocycles. The van der Waals surface area contributed by atoms with E-state index in [-0.39, 0.29) is 0 Å². The van der Waals surface area contributed by atoms with Crippen molar-refractivity contribution in [3.8, 4) is 0 Å². The first-order valence-corrected chi connectivity index (χ1v) is 8.61. The van der Waals surface area contributed by atoms with Crippen LogP contribution in [-0.4, -0.2) is 60.3 Å². The Hall–Kier alpha value is -1.20. The van der Waals surface area contributed by atoms with E-state index in [1.54, 1.807) is 0 Å². The lowest BCUT2D eigenvalue weighted by atomic mass is 10.1. The molecule has 0 amide bonds. The van der Waals surface area contributed by atoms with Crippen molar-refractivity contribution < 1.29 is 4.74 Å². The summed E-state index contributed by atoms with van der Waals surface area (Å²) in [7, 11) is 0. The maximum absolute atomic E-state index is 6.07. The van der Waals surface area contributed by atoms with Crippen molar-refractivity contribution >= 4 is 5.95 Å². The largest absolute Gasteiger partial charge is 0.375 e. The van der Waals surface area contributed by atoms with Crippen molar-refractivity contribution in [3.63, 3.8) is 0 Å². The SMILES string of the molecule is Cc1cnc(N2CCC(OCCN3CCCCC3)C2)nc1C. The summed E-state index contributed by atoms with van der Waals surface area (Å²) in [6, 6.07) is 0. The molecule has 5 heteroatoms. The molecule has 3 heterocycles.